The van der Waals surface area contributed by atoms with Gasteiger partial charge in [-0.2, -0.15) is 0 Å². The van der Waals surface area contributed by atoms with Gasteiger partial charge in [0.15, 0.2) is 0 Å². The molecule has 2 bridgehead atoms. The van der Waals surface area contributed by atoms with E-state index in [9.17, 15) is 9.90 Å². The first kappa shape index (κ1) is 16.9. The van der Waals surface area contributed by atoms with E-state index in [0.717, 1.165) is 43.1 Å². The van der Waals surface area contributed by atoms with Crippen LogP contribution in [0.3, 0.4) is 0 Å². The first-order valence-electron chi connectivity index (χ1n) is 9.15. The molecule has 2 aliphatic rings. The van der Waals surface area contributed by atoms with Crippen LogP contribution < -0.4 is 9.47 Å². The highest BCUT2D eigenvalue weighted by Gasteiger charge is 2.48. The SMILES string of the molecule is O=C(O)C1CC2CCC1N2CCOc1ccc(Oc2ccccc2)cc1. The fourth-order valence-electron chi connectivity index (χ4n) is 4.21. The van der Waals surface area contributed by atoms with Gasteiger partial charge in [0.2, 0.25) is 0 Å². The van der Waals surface area contributed by atoms with Crippen LogP contribution in [0, 0.1) is 5.92 Å². The van der Waals surface area contributed by atoms with Crippen LogP contribution >= 0.6 is 0 Å². The molecule has 5 nitrogen and oxygen atoms in total. The minimum absolute atomic E-state index is 0.183. The predicted molar refractivity (Wildman–Crippen MR) is 97.7 cm³/mol. The molecule has 136 valence electrons. The van der Waals surface area contributed by atoms with Crippen LogP contribution in [-0.2, 0) is 4.79 Å². The second-order valence-corrected chi connectivity index (χ2v) is 6.95. The summed E-state index contributed by atoms with van der Waals surface area (Å²) in [6.45, 7) is 1.35. The molecule has 3 atom stereocenters. The monoisotopic (exact) mass is 353 g/mol. The molecular formula is C21H23NO4. The van der Waals surface area contributed by atoms with Crippen molar-refractivity contribution < 1.29 is 19.4 Å². The number of aliphatic carboxylic acids is 1. The van der Waals surface area contributed by atoms with Gasteiger partial charge in [0.05, 0.1) is 5.92 Å². The normalized spacial score (nSPS) is 24.5. The molecule has 1 N–H and O–H groups in total. The number of benzene rings is 2. The Kier molecular flexibility index (Phi) is 4.80. The highest BCUT2D eigenvalue weighted by atomic mass is 16.5. The lowest BCUT2D eigenvalue weighted by molar-refractivity contribution is -0.142. The molecule has 2 aliphatic heterocycles. The van der Waals surface area contributed by atoms with Crippen molar-refractivity contribution in [3.63, 3.8) is 0 Å². The van der Waals surface area contributed by atoms with E-state index in [1.807, 2.05) is 54.6 Å². The van der Waals surface area contributed by atoms with Crippen LogP contribution in [-0.4, -0.2) is 41.2 Å². The van der Waals surface area contributed by atoms with E-state index in [4.69, 9.17) is 9.47 Å². The van der Waals surface area contributed by atoms with Gasteiger partial charge < -0.3 is 14.6 Å². The number of nitrogens with zero attached hydrogens (tertiary/aromatic N) is 1. The number of para-hydroxylation sites is 1. The van der Waals surface area contributed by atoms with E-state index in [2.05, 4.69) is 4.90 Å². The average molecular weight is 353 g/mol. The fourth-order valence-corrected chi connectivity index (χ4v) is 4.21. The van der Waals surface area contributed by atoms with E-state index in [-0.39, 0.29) is 12.0 Å². The predicted octanol–water partition coefficient (Wildman–Crippen LogP) is 3.80. The van der Waals surface area contributed by atoms with Crippen LogP contribution in [0.1, 0.15) is 19.3 Å². The number of carbonyl (C=O) groups is 1. The Morgan fingerprint density at radius 2 is 1.69 bits per heavy atom. The zero-order valence-electron chi connectivity index (χ0n) is 14.6. The quantitative estimate of drug-likeness (QED) is 0.820. The Balaban J connectivity index is 1.27. The van der Waals surface area contributed by atoms with Gasteiger partial charge in [-0.25, -0.2) is 0 Å². The minimum atomic E-state index is -0.655. The highest BCUT2D eigenvalue weighted by Crippen LogP contribution is 2.41. The first-order chi connectivity index (χ1) is 12.7. The molecule has 2 aromatic rings. The van der Waals surface area contributed by atoms with Crippen molar-refractivity contribution in [3.05, 3.63) is 54.6 Å². The summed E-state index contributed by atoms with van der Waals surface area (Å²) in [5.74, 6) is 1.51. The summed E-state index contributed by atoms with van der Waals surface area (Å²) >= 11 is 0. The zero-order valence-corrected chi connectivity index (χ0v) is 14.6. The topological polar surface area (TPSA) is 59.0 Å². The highest BCUT2D eigenvalue weighted by molar-refractivity contribution is 5.71. The third-order valence-corrected chi connectivity index (χ3v) is 5.42. The van der Waals surface area contributed by atoms with Crippen molar-refractivity contribution >= 4 is 5.97 Å². The lowest BCUT2D eigenvalue weighted by Gasteiger charge is -2.22. The first-order valence-corrected chi connectivity index (χ1v) is 9.15. The van der Waals surface area contributed by atoms with Crippen LogP contribution in [0.5, 0.6) is 17.2 Å². The van der Waals surface area contributed by atoms with Gasteiger partial charge in [0.25, 0.3) is 0 Å². The van der Waals surface area contributed by atoms with Crippen LogP contribution in [0.25, 0.3) is 0 Å². The number of hydrogen-bond donors (Lipinski definition) is 1. The molecule has 0 aliphatic carbocycles. The van der Waals surface area contributed by atoms with Crippen molar-refractivity contribution in [2.45, 2.75) is 31.3 Å². The van der Waals surface area contributed by atoms with Crippen molar-refractivity contribution in [1.82, 2.24) is 4.90 Å². The average Bonchev–Trinajstić information content (AvgIpc) is 3.21. The van der Waals surface area contributed by atoms with Gasteiger partial charge in [-0.3, -0.25) is 9.69 Å². The molecule has 2 heterocycles. The van der Waals surface area contributed by atoms with Crippen LogP contribution in [0.15, 0.2) is 54.6 Å². The van der Waals surface area contributed by atoms with E-state index >= 15 is 0 Å². The summed E-state index contributed by atoms with van der Waals surface area (Å²) < 4.78 is 11.6. The Hall–Kier alpha value is -2.53. The number of rotatable bonds is 7. The number of fused-ring (bicyclic) bond motifs is 2. The van der Waals surface area contributed by atoms with Gasteiger partial charge in [-0.15, -0.1) is 0 Å². The van der Waals surface area contributed by atoms with E-state index in [1.165, 1.54) is 0 Å². The Labute approximate surface area is 153 Å². The molecule has 0 aromatic heterocycles. The van der Waals surface area contributed by atoms with E-state index in [0.29, 0.717) is 12.6 Å². The zero-order chi connectivity index (χ0) is 17.9. The maximum Gasteiger partial charge on any atom is 0.308 e. The van der Waals surface area contributed by atoms with E-state index in [1.54, 1.807) is 0 Å². The summed E-state index contributed by atoms with van der Waals surface area (Å²) in [4.78, 5) is 13.7. The number of carboxylic acid groups (broad SMARTS) is 1. The number of ether oxygens (including phenoxy) is 2. The van der Waals surface area contributed by atoms with Crippen molar-refractivity contribution in [1.29, 1.82) is 0 Å². The third-order valence-electron chi connectivity index (χ3n) is 5.42. The Morgan fingerprint density at radius 3 is 2.38 bits per heavy atom. The smallest absolute Gasteiger partial charge is 0.308 e. The van der Waals surface area contributed by atoms with Gasteiger partial charge in [0.1, 0.15) is 23.9 Å². The molecule has 2 fully saturated rings. The molecule has 0 amide bonds. The minimum Gasteiger partial charge on any atom is -0.492 e. The summed E-state index contributed by atoms with van der Waals surface area (Å²) in [5, 5.41) is 9.32. The molecule has 26 heavy (non-hydrogen) atoms. The van der Waals surface area contributed by atoms with Crippen molar-refractivity contribution in [2.24, 2.45) is 5.92 Å². The fraction of sp³-hybridized carbons (Fsp3) is 0.381. The molecule has 4 rings (SSSR count). The molecular weight excluding hydrogens is 330 g/mol. The molecule has 3 unspecified atom stereocenters. The maximum absolute atomic E-state index is 11.3. The number of carboxylic acids is 1. The lowest BCUT2D eigenvalue weighted by Crippen LogP contribution is -2.35. The van der Waals surface area contributed by atoms with Crippen LogP contribution in [0.4, 0.5) is 0 Å². The Morgan fingerprint density at radius 1 is 1.00 bits per heavy atom. The maximum atomic E-state index is 11.3. The van der Waals surface area contributed by atoms with E-state index < -0.39 is 5.97 Å². The lowest BCUT2D eigenvalue weighted by atomic mass is 9.89. The molecule has 0 radical (unpaired) electrons. The second kappa shape index (κ2) is 7.38. The Bertz CT molecular complexity index is 746. The van der Waals surface area contributed by atoms with Gasteiger partial charge in [-0.1, -0.05) is 18.2 Å². The standard InChI is InChI=1S/C21H23NO4/c23-21(24)19-14-15-6-11-20(19)22(15)12-13-25-16-7-9-18(10-8-16)26-17-4-2-1-3-5-17/h1-5,7-10,15,19-20H,6,11-14H2,(H,23,24). The van der Waals surface area contributed by atoms with Gasteiger partial charge in [0, 0.05) is 18.6 Å². The summed E-state index contributed by atoms with van der Waals surface area (Å²) in [5.41, 5.74) is 0. The largest absolute Gasteiger partial charge is 0.492 e. The number of hydrogen-bond acceptors (Lipinski definition) is 4. The van der Waals surface area contributed by atoms with Gasteiger partial charge in [-0.05, 0) is 55.7 Å². The summed E-state index contributed by atoms with van der Waals surface area (Å²) in [7, 11) is 0. The molecule has 2 saturated heterocycles. The summed E-state index contributed by atoms with van der Waals surface area (Å²) in [6.07, 6.45) is 2.89. The second-order valence-electron chi connectivity index (χ2n) is 6.95. The van der Waals surface area contributed by atoms with Crippen molar-refractivity contribution in [2.75, 3.05) is 13.2 Å². The molecule has 0 spiro atoms. The molecule has 2 aromatic carbocycles. The molecule has 5 heteroatoms. The molecule has 0 saturated carbocycles. The third kappa shape index (κ3) is 3.53. The van der Waals surface area contributed by atoms with Gasteiger partial charge >= 0.3 is 5.97 Å². The summed E-state index contributed by atoms with van der Waals surface area (Å²) in [6, 6.07) is 17.8. The van der Waals surface area contributed by atoms with Crippen LogP contribution in [0.2, 0.25) is 0 Å². The van der Waals surface area contributed by atoms with Crippen molar-refractivity contribution in [3.8, 4) is 17.2 Å².